The van der Waals surface area contributed by atoms with E-state index >= 15 is 0 Å². The Labute approximate surface area is 158 Å². The van der Waals surface area contributed by atoms with Gasteiger partial charge in [0.1, 0.15) is 5.69 Å². The zero-order valence-corrected chi connectivity index (χ0v) is 16.7. The highest BCUT2D eigenvalue weighted by Crippen LogP contribution is 2.21. The van der Waals surface area contributed by atoms with Crippen LogP contribution in [0.4, 0.5) is 0 Å². The third-order valence-electron chi connectivity index (χ3n) is 3.83. The van der Waals surface area contributed by atoms with E-state index in [1.54, 1.807) is 44.3 Å². The lowest BCUT2D eigenvalue weighted by molar-refractivity contribution is 0.0592. The lowest BCUT2D eigenvalue weighted by atomic mass is 10.1. The fourth-order valence-electron chi connectivity index (χ4n) is 2.52. The number of Topliss-reactive ketones (excluding diaryl/α,β-unsaturated/α-hetero) is 1. The molecule has 0 aliphatic carbocycles. The molecule has 0 spiro atoms. The SMILES string of the molecule is COC(=O)c1cc(C(=O)C(C)=CN(C)C)cn1S(=O)(=O)c1ccc(C)cc1. The van der Waals surface area contributed by atoms with Gasteiger partial charge < -0.3 is 9.64 Å². The van der Waals surface area contributed by atoms with Crippen molar-refractivity contribution in [1.29, 1.82) is 0 Å². The van der Waals surface area contributed by atoms with Gasteiger partial charge in [0, 0.05) is 37.6 Å². The Morgan fingerprint density at radius 1 is 1.15 bits per heavy atom. The van der Waals surface area contributed by atoms with Gasteiger partial charge in [0.05, 0.1) is 12.0 Å². The summed E-state index contributed by atoms with van der Waals surface area (Å²) < 4.78 is 31.5. The van der Waals surface area contributed by atoms with Crippen molar-refractivity contribution in [1.82, 2.24) is 8.87 Å². The highest BCUT2D eigenvalue weighted by molar-refractivity contribution is 7.90. The number of benzene rings is 1. The summed E-state index contributed by atoms with van der Waals surface area (Å²) in [6.45, 7) is 3.45. The molecule has 0 aliphatic heterocycles. The number of rotatable bonds is 6. The Morgan fingerprint density at radius 3 is 2.26 bits per heavy atom. The van der Waals surface area contributed by atoms with Crippen molar-refractivity contribution < 1.29 is 22.7 Å². The molecule has 144 valence electrons. The first kappa shape index (κ1) is 20.4. The predicted octanol–water partition coefficient (Wildman–Crippen LogP) is 2.47. The largest absolute Gasteiger partial charge is 0.464 e. The normalized spacial score (nSPS) is 12.0. The summed E-state index contributed by atoms with van der Waals surface area (Å²) in [5, 5.41) is 0. The van der Waals surface area contributed by atoms with E-state index < -0.39 is 16.0 Å². The monoisotopic (exact) mass is 390 g/mol. The third-order valence-corrected chi connectivity index (χ3v) is 5.52. The Balaban J connectivity index is 2.62. The number of esters is 1. The summed E-state index contributed by atoms with van der Waals surface area (Å²) in [5.41, 5.74) is 1.15. The van der Waals surface area contributed by atoms with Crippen LogP contribution in [-0.4, -0.2) is 50.2 Å². The minimum absolute atomic E-state index is 0.00778. The molecule has 27 heavy (non-hydrogen) atoms. The number of hydrogen-bond donors (Lipinski definition) is 0. The first-order valence-corrected chi connectivity index (χ1v) is 9.54. The summed E-state index contributed by atoms with van der Waals surface area (Å²) in [5.74, 6) is -1.23. The number of aryl methyl sites for hydroxylation is 1. The Kier molecular flexibility index (Phi) is 5.90. The van der Waals surface area contributed by atoms with E-state index in [1.807, 2.05) is 6.92 Å². The Hall–Kier alpha value is -2.87. The Morgan fingerprint density at radius 2 is 1.74 bits per heavy atom. The third kappa shape index (κ3) is 4.28. The van der Waals surface area contributed by atoms with Crippen LogP contribution in [0.2, 0.25) is 0 Å². The van der Waals surface area contributed by atoms with Crippen molar-refractivity contribution in [3.63, 3.8) is 0 Å². The van der Waals surface area contributed by atoms with Crippen molar-refractivity contribution in [3.05, 3.63) is 65.1 Å². The van der Waals surface area contributed by atoms with Gasteiger partial charge in [0.25, 0.3) is 10.0 Å². The van der Waals surface area contributed by atoms with E-state index in [0.717, 1.165) is 22.8 Å². The van der Waals surface area contributed by atoms with Crippen LogP contribution in [0.3, 0.4) is 0 Å². The van der Waals surface area contributed by atoms with Crippen LogP contribution in [0.15, 0.2) is 53.2 Å². The van der Waals surface area contributed by atoms with Gasteiger partial charge in [-0.15, -0.1) is 0 Å². The smallest absolute Gasteiger partial charge is 0.355 e. The summed E-state index contributed by atoms with van der Waals surface area (Å²) in [7, 11) is 0.616. The number of aromatic nitrogens is 1. The molecule has 0 fully saturated rings. The van der Waals surface area contributed by atoms with E-state index in [4.69, 9.17) is 0 Å². The fraction of sp³-hybridized carbons (Fsp3) is 0.263. The molecule has 0 N–H and O–H groups in total. The quantitative estimate of drug-likeness (QED) is 0.428. The lowest BCUT2D eigenvalue weighted by Crippen LogP contribution is -2.18. The molecule has 0 radical (unpaired) electrons. The molecule has 1 aromatic heterocycles. The van der Waals surface area contributed by atoms with E-state index in [2.05, 4.69) is 4.74 Å². The molecule has 0 bridgehead atoms. The molecule has 1 heterocycles. The molecule has 0 saturated heterocycles. The lowest BCUT2D eigenvalue weighted by Gasteiger charge is -2.09. The molecule has 0 amide bonds. The Bertz CT molecular complexity index is 999. The molecule has 8 heteroatoms. The van der Waals surface area contributed by atoms with Gasteiger partial charge in [-0.25, -0.2) is 17.2 Å². The summed E-state index contributed by atoms with van der Waals surface area (Å²) >= 11 is 0. The zero-order chi connectivity index (χ0) is 20.4. The van der Waals surface area contributed by atoms with Gasteiger partial charge >= 0.3 is 5.97 Å². The fourth-order valence-corrected chi connectivity index (χ4v) is 3.86. The molecule has 2 rings (SSSR count). The van der Waals surface area contributed by atoms with Crippen molar-refractivity contribution in [3.8, 4) is 0 Å². The van der Waals surface area contributed by atoms with Crippen LogP contribution in [0.1, 0.15) is 33.3 Å². The number of carbonyl (C=O) groups is 2. The van der Waals surface area contributed by atoms with Crippen LogP contribution >= 0.6 is 0 Å². The van der Waals surface area contributed by atoms with Crippen LogP contribution in [0.25, 0.3) is 0 Å². The zero-order valence-electron chi connectivity index (χ0n) is 15.9. The highest BCUT2D eigenvalue weighted by atomic mass is 32.2. The van der Waals surface area contributed by atoms with Crippen molar-refractivity contribution in [2.75, 3.05) is 21.2 Å². The van der Waals surface area contributed by atoms with Gasteiger partial charge in [-0.2, -0.15) is 0 Å². The number of carbonyl (C=O) groups excluding carboxylic acids is 2. The summed E-state index contributed by atoms with van der Waals surface area (Å²) in [6.07, 6.45) is 2.77. The maximum Gasteiger partial charge on any atom is 0.355 e. The maximum absolute atomic E-state index is 13.0. The minimum Gasteiger partial charge on any atom is -0.464 e. The second-order valence-corrected chi connectivity index (χ2v) is 8.14. The molecular weight excluding hydrogens is 368 g/mol. The number of ether oxygens (including phenoxy) is 1. The molecule has 0 saturated carbocycles. The first-order valence-electron chi connectivity index (χ1n) is 8.10. The maximum atomic E-state index is 13.0. The van der Waals surface area contributed by atoms with Crippen LogP contribution < -0.4 is 0 Å². The number of nitrogens with zero attached hydrogens (tertiary/aromatic N) is 2. The molecule has 0 unspecified atom stereocenters. The summed E-state index contributed by atoms with van der Waals surface area (Å²) in [4.78, 5) is 26.4. The molecule has 1 aromatic carbocycles. The van der Waals surface area contributed by atoms with Crippen LogP contribution in [0, 0.1) is 6.92 Å². The van der Waals surface area contributed by atoms with Gasteiger partial charge in [-0.05, 0) is 32.0 Å². The topological polar surface area (TPSA) is 85.7 Å². The van der Waals surface area contributed by atoms with Crippen molar-refractivity contribution in [2.45, 2.75) is 18.7 Å². The van der Waals surface area contributed by atoms with Crippen LogP contribution in [-0.2, 0) is 14.8 Å². The predicted molar refractivity (Wildman–Crippen MR) is 101 cm³/mol. The number of hydrogen-bond acceptors (Lipinski definition) is 6. The molecular formula is C19H22N2O5S. The molecule has 0 aliphatic rings. The summed E-state index contributed by atoms with van der Waals surface area (Å²) in [6, 6.07) is 7.44. The first-order chi connectivity index (χ1) is 12.6. The van der Waals surface area contributed by atoms with Crippen molar-refractivity contribution >= 4 is 21.8 Å². The second kappa shape index (κ2) is 7.79. The van der Waals surface area contributed by atoms with Gasteiger partial charge in [-0.1, -0.05) is 17.7 Å². The van der Waals surface area contributed by atoms with E-state index in [1.165, 1.54) is 18.2 Å². The van der Waals surface area contributed by atoms with E-state index in [9.17, 15) is 18.0 Å². The van der Waals surface area contributed by atoms with E-state index in [-0.39, 0.29) is 21.9 Å². The standard InChI is InChI=1S/C19H22N2O5S/c1-13-6-8-16(9-7-13)27(24,25)21-12-15(10-17(21)19(23)26-5)18(22)14(2)11-20(3)4/h6-12H,1-5H3. The van der Waals surface area contributed by atoms with Crippen LogP contribution in [0.5, 0.6) is 0 Å². The number of allylic oxidation sites excluding steroid dienone is 1. The van der Waals surface area contributed by atoms with Crippen molar-refractivity contribution in [2.24, 2.45) is 0 Å². The second-order valence-electron chi connectivity index (χ2n) is 6.32. The average molecular weight is 390 g/mol. The van der Waals surface area contributed by atoms with Gasteiger partial charge in [0.2, 0.25) is 0 Å². The number of ketones is 1. The molecule has 0 atom stereocenters. The highest BCUT2D eigenvalue weighted by Gasteiger charge is 2.27. The average Bonchev–Trinajstić information content (AvgIpc) is 3.06. The van der Waals surface area contributed by atoms with Gasteiger partial charge in [-0.3, -0.25) is 4.79 Å². The molecule has 7 nitrogen and oxygen atoms in total. The number of methoxy groups -OCH3 is 1. The molecule has 2 aromatic rings. The minimum atomic E-state index is -4.07. The van der Waals surface area contributed by atoms with E-state index in [0.29, 0.717) is 5.57 Å². The van der Waals surface area contributed by atoms with Gasteiger partial charge in [0.15, 0.2) is 5.78 Å².